The fourth-order valence-corrected chi connectivity index (χ4v) is 4.09. The minimum Gasteiger partial charge on any atom is -0.344 e. The fourth-order valence-electron chi connectivity index (χ4n) is 3.36. The van der Waals surface area contributed by atoms with Crippen molar-refractivity contribution < 1.29 is 4.52 Å². The highest BCUT2D eigenvalue weighted by atomic mass is 32.1. The van der Waals surface area contributed by atoms with Crippen LogP contribution in [0.25, 0.3) is 21.6 Å². The molecule has 0 N–H and O–H groups in total. The summed E-state index contributed by atoms with van der Waals surface area (Å²) in [7, 11) is 0. The lowest BCUT2D eigenvalue weighted by Gasteiger charge is -2.23. The summed E-state index contributed by atoms with van der Waals surface area (Å²) in [5.74, 6) is 2.23. The Morgan fingerprint density at radius 3 is 2.96 bits per heavy atom. The maximum absolute atomic E-state index is 5.60. The van der Waals surface area contributed by atoms with Crippen molar-refractivity contribution in [3.63, 3.8) is 0 Å². The molecule has 1 fully saturated rings. The van der Waals surface area contributed by atoms with Crippen LogP contribution >= 0.6 is 11.3 Å². The fraction of sp³-hybridized carbons (Fsp3) is 0.222. The van der Waals surface area contributed by atoms with E-state index in [0.717, 1.165) is 41.0 Å². The van der Waals surface area contributed by atoms with E-state index in [1.165, 1.54) is 0 Å². The predicted molar refractivity (Wildman–Crippen MR) is 96.5 cm³/mol. The van der Waals surface area contributed by atoms with Crippen molar-refractivity contribution in [3.05, 3.63) is 54.0 Å². The Morgan fingerprint density at radius 2 is 2.04 bits per heavy atom. The van der Waals surface area contributed by atoms with Crippen molar-refractivity contribution >= 4 is 27.4 Å². The zero-order valence-electron chi connectivity index (χ0n) is 13.4. The Bertz CT molecular complexity index is 1010. The molecule has 1 atom stereocenters. The smallest absolute Gasteiger partial charge is 0.249 e. The summed E-state index contributed by atoms with van der Waals surface area (Å²) in [4.78, 5) is 16.8. The van der Waals surface area contributed by atoms with Gasteiger partial charge in [-0.05, 0) is 24.3 Å². The largest absolute Gasteiger partial charge is 0.344 e. The zero-order chi connectivity index (χ0) is 16.6. The quantitative estimate of drug-likeness (QED) is 0.555. The molecule has 1 aliphatic heterocycles. The minimum absolute atomic E-state index is 0.0583. The van der Waals surface area contributed by atoms with Crippen LogP contribution in [-0.2, 0) is 0 Å². The van der Waals surface area contributed by atoms with Crippen LogP contribution in [0.15, 0.2) is 52.6 Å². The van der Waals surface area contributed by atoms with Crippen LogP contribution in [0.5, 0.6) is 0 Å². The first kappa shape index (κ1) is 14.5. The Labute approximate surface area is 148 Å². The van der Waals surface area contributed by atoms with Gasteiger partial charge in [0, 0.05) is 12.1 Å². The van der Waals surface area contributed by atoms with E-state index in [2.05, 4.69) is 31.1 Å². The first-order valence-electron chi connectivity index (χ1n) is 8.24. The topological polar surface area (TPSA) is 67.9 Å². The van der Waals surface area contributed by atoms with Gasteiger partial charge in [-0.25, -0.2) is 9.97 Å². The van der Waals surface area contributed by atoms with E-state index in [4.69, 9.17) is 4.52 Å². The van der Waals surface area contributed by atoms with Gasteiger partial charge in [0.15, 0.2) is 0 Å². The zero-order valence-corrected chi connectivity index (χ0v) is 14.2. The van der Waals surface area contributed by atoms with E-state index in [9.17, 15) is 0 Å². The third-order valence-electron chi connectivity index (χ3n) is 4.52. The van der Waals surface area contributed by atoms with E-state index in [-0.39, 0.29) is 6.04 Å². The lowest BCUT2D eigenvalue weighted by atomic mass is 10.2. The van der Waals surface area contributed by atoms with Gasteiger partial charge < -0.3 is 9.42 Å². The number of anilines is 1. The molecule has 0 bridgehead atoms. The van der Waals surface area contributed by atoms with Crippen LogP contribution in [0.2, 0.25) is 0 Å². The van der Waals surface area contributed by atoms with Crippen molar-refractivity contribution in [2.24, 2.45) is 0 Å². The van der Waals surface area contributed by atoms with Crippen LogP contribution in [0.1, 0.15) is 24.8 Å². The molecule has 0 unspecified atom stereocenters. The van der Waals surface area contributed by atoms with Crippen molar-refractivity contribution in [1.29, 1.82) is 0 Å². The highest BCUT2D eigenvalue weighted by molar-refractivity contribution is 7.16. The maximum Gasteiger partial charge on any atom is 0.249 e. The Morgan fingerprint density at radius 1 is 1.12 bits per heavy atom. The molecule has 5 rings (SSSR count). The summed E-state index contributed by atoms with van der Waals surface area (Å²) < 4.78 is 5.60. The number of benzene rings is 1. The van der Waals surface area contributed by atoms with Crippen LogP contribution in [0.4, 0.5) is 5.82 Å². The summed E-state index contributed by atoms with van der Waals surface area (Å²) in [5, 5.41) is 7.30. The second-order valence-corrected chi connectivity index (χ2v) is 6.90. The molecule has 0 radical (unpaired) electrons. The minimum atomic E-state index is 0.0583. The van der Waals surface area contributed by atoms with Crippen LogP contribution in [0, 0.1) is 0 Å². The van der Waals surface area contributed by atoms with Gasteiger partial charge in [0.25, 0.3) is 0 Å². The first-order chi connectivity index (χ1) is 12.4. The molecular formula is C18H15N5OS. The number of nitrogens with zero attached hydrogens (tertiary/aromatic N) is 5. The van der Waals surface area contributed by atoms with Crippen molar-refractivity contribution in [2.45, 2.75) is 18.9 Å². The molecule has 4 heterocycles. The van der Waals surface area contributed by atoms with Gasteiger partial charge in [0.2, 0.25) is 11.7 Å². The highest BCUT2D eigenvalue weighted by Crippen LogP contribution is 2.38. The molecule has 1 aromatic carbocycles. The number of aromatic nitrogens is 4. The normalized spacial score (nSPS) is 17.4. The summed E-state index contributed by atoms with van der Waals surface area (Å²) in [6, 6.07) is 12.0. The van der Waals surface area contributed by atoms with Crippen molar-refractivity contribution in [3.8, 4) is 11.4 Å². The number of hydrogen-bond acceptors (Lipinski definition) is 7. The first-order valence-corrected chi connectivity index (χ1v) is 9.12. The second-order valence-electron chi connectivity index (χ2n) is 6.01. The average molecular weight is 349 g/mol. The molecule has 0 saturated carbocycles. The summed E-state index contributed by atoms with van der Waals surface area (Å²) in [6.45, 7) is 0.926. The van der Waals surface area contributed by atoms with E-state index in [1.54, 1.807) is 17.7 Å². The number of fused-ring (bicyclic) bond motifs is 1. The summed E-state index contributed by atoms with van der Waals surface area (Å²) in [6.07, 6.45) is 3.68. The monoisotopic (exact) mass is 349 g/mol. The molecule has 1 aliphatic rings. The maximum atomic E-state index is 5.60. The average Bonchev–Trinajstić information content (AvgIpc) is 3.40. The highest BCUT2D eigenvalue weighted by Gasteiger charge is 2.33. The number of rotatable bonds is 3. The molecule has 1 saturated heterocycles. The molecular weight excluding hydrogens is 334 g/mol. The lowest BCUT2D eigenvalue weighted by molar-refractivity contribution is 0.355. The number of thiophene rings is 1. The molecule has 25 heavy (non-hydrogen) atoms. The molecule has 0 aliphatic carbocycles. The summed E-state index contributed by atoms with van der Waals surface area (Å²) >= 11 is 1.63. The van der Waals surface area contributed by atoms with E-state index in [0.29, 0.717) is 11.7 Å². The second kappa shape index (κ2) is 5.93. The predicted octanol–water partition coefficient (Wildman–Crippen LogP) is 4.08. The van der Waals surface area contributed by atoms with Crippen LogP contribution < -0.4 is 4.90 Å². The molecule has 4 aromatic rings. The van der Waals surface area contributed by atoms with Crippen LogP contribution in [0.3, 0.4) is 0 Å². The Hall–Kier alpha value is -2.80. The Balaban J connectivity index is 1.52. The van der Waals surface area contributed by atoms with Crippen molar-refractivity contribution in [2.75, 3.05) is 11.4 Å². The summed E-state index contributed by atoms with van der Waals surface area (Å²) in [5.41, 5.74) is 0.962. The van der Waals surface area contributed by atoms with E-state index < -0.39 is 0 Å². The third kappa shape index (κ3) is 2.47. The van der Waals surface area contributed by atoms with Crippen LogP contribution in [-0.4, -0.2) is 26.7 Å². The van der Waals surface area contributed by atoms with Gasteiger partial charge in [-0.15, -0.1) is 11.3 Å². The third-order valence-corrected chi connectivity index (χ3v) is 5.35. The SMILES string of the molecule is c1ccc(-c2noc([C@@H]3CCCN3c3ncnc4sccc34)n2)cc1. The van der Waals surface area contributed by atoms with Gasteiger partial charge in [0.05, 0.1) is 5.39 Å². The van der Waals surface area contributed by atoms with E-state index >= 15 is 0 Å². The van der Waals surface area contributed by atoms with Gasteiger partial charge in [-0.1, -0.05) is 35.5 Å². The molecule has 124 valence electrons. The lowest BCUT2D eigenvalue weighted by Crippen LogP contribution is -2.24. The molecule has 7 heteroatoms. The van der Waals surface area contributed by atoms with Gasteiger partial charge in [0.1, 0.15) is 23.0 Å². The molecule has 0 amide bonds. The standard InChI is InChI=1S/C18H15N5OS/c1-2-5-12(6-3-1)15-21-17(24-22-15)14-7-4-9-23(14)16-13-8-10-25-18(13)20-11-19-16/h1-3,5-6,8,10-11,14H,4,7,9H2/t14-/m0/s1. The van der Waals surface area contributed by atoms with Gasteiger partial charge in [-0.3, -0.25) is 0 Å². The molecule has 3 aromatic heterocycles. The van der Waals surface area contributed by atoms with Gasteiger partial charge in [-0.2, -0.15) is 4.98 Å². The molecule has 0 spiro atoms. The number of hydrogen-bond donors (Lipinski definition) is 0. The van der Waals surface area contributed by atoms with Crippen molar-refractivity contribution in [1.82, 2.24) is 20.1 Å². The Kier molecular flexibility index (Phi) is 3.45. The van der Waals surface area contributed by atoms with Gasteiger partial charge >= 0.3 is 0 Å². The van der Waals surface area contributed by atoms with E-state index in [1.807, 2.05) is 35.7 Å². The molecule has 6 nitrogen and oxygen atoms in total.